The lowest BCUT2D eigenvalue weighted by atomic mass is 9.87. The summed E-state index contributed by atoms with van der Waals surface area (Å²) in [6.07, 6.45) is 6.39. The van der Waals surface area contributed by atoms with Crippen molar-refractivity contribution in [3.05, 3.63) is 108 Å². The van der Waals surface area contributed by atoms with Crippen molar-refractivity contribution in [3.8, 4) is 22.9 Å². The van der Waals surface area contributed by atoms with Gasteiger partial charge < -0.3 is 10.1 Å². The number of aryl methyl sites for hydroxylation is 1. The summed E-state index contributed by atoms with van der Waals surface area (Å²) in [5.41, 5.74) is 4.83. The molecule has 1 aromatic heterocycles. The highest BCUT2D eigenvalue weighted by atomic mass is 19.1. The Balaban J connectivity index is 1.25. The normalized spacial score (nSPS) is 14.9. The largest absolute Gasteiger partial charge is 0.424 e. The highest BCUT2D eigenvalue weighted by molar-refractivity contribution is 5.95. The maximum Gasteiger partial charge on any atom is 0.321 e. The monoisotopic (exact) mass is 439 g/mol. The molecule has 1 aliphatic carbocycles. The summed E-state index contributed by atoms with van der Waals surface area (Å²) < 4.78 is 18.5. The fourth-order valence-corrected chi connectivity index (χ4v) is 4.09. The lowest BCUT2D eigenvalue weighted by molar-refractivity contribution is 0.0933. The number of ether oxygens (including phenoxy) is 1. The number of hydrogen-bond acceptors (Lipinski definition) is 4. The van der Waals surface area contributed by atoms with Gasteiger partial charge in [0.05, 0.1) is 6.04 Å². The van der Waals surface area contributed by atoms with Crippen molar-refractivity contribution in [2.45, 2.75) is 25.3 Å². The molecule has 1 N–H and O–H groups in total. The summed E-state index contributed by atoms with van der Waals surface area (Å²) in [7, 11) is 0. The molecule has 5 rings (SSSR count). The first-order valence-corrected chi connectivity index (χ1v) is 10.9. The van der Waals surface area contributed by atoms with Gasteiger partial charge in [0.1, 0.15) is 11.6 Å². The highest BCUT2D eigenvalue weighted by Crippen LogP contribution is 2.30. The molecule has 0 fully saturated rings. The van der Waals surface area contributed by atoms with Crippen LogP contribution in [-0.4, -0.2) is 15.9 Å². The van der Waals surface area contributed by atoms with Crippen LogP contribution in [0.2, 0.25) is 0 Å². The van der Waals surface area contributed by atoms with Crippen molar-refractivity contribution in [3.63, 3.8) is 0 Å². The molecular weight excluding hydrogens is 417 g/mol. The molecule has 1 unspecified atom stereocenters. The molecule has 0 spiro atoms. The molecular formula is C27H22FN3O2. The Morgan fingerprint density at radius 1 is 0.909 bits per heavy atom. The third-order valence-corrected chi connectivity index (χ3v) is 5.81. The number of fused-ring (bicyclic) bond motifs is 1. The third kappa shape index (κ3) is 4.75. The van der Waals surface area contributed by atoms with Crippen LogP contribution in [0.3, 0.4) is 0 Å². The van der Waals surface area contributed by atoms with Crippen LogP contribution in [-0.2, 0) is 6.42 Å². The van der Waals surface area contributed by atoms with E-state index in [1.165, 1.54) is 35.4 Å². The number of halogens is 1. The van der Waals surface area contributed by atoms with Crippen LogP contribution in [0.5, 0.6) is 11.8 Å². The van der Waals surface area contributed by atoms with Crippen LogP contribution in [0, 0.1) is 5.82 Å². The minimum Gasteiger partial charge on any atom is -0.424 e. The Morgan fingerprint density at radius 2 is 1.64 bits per heavy atom. The SMILES string of the molecule is O=C(NC1CCCc2ccccc21)c1ccc(-c2cnc(Oc3ccc(F)cc3)nc2)cc1. The van der Waals surface area contributed by atoms with Gasteiger partial charge in [-0.2, -0.15) is 0 Å². The summed E-state index contributed by atoms with van der Waals surface area (Å²) in [4.78, 5) is 21.3. The number of nitrogens with zero attached hydrogens (tertiary/aromatic N) is 2. The lowest BCUT2D eigenvalue weighted by Crippen LogP contribution is -2.30. The molecule has 0 aliphatic heterocycles. The van der Waals surface area contributed by atoms with Gasteiger partial charge in [0.15, 0.2) is 0 Å². The molecule has 0 saturated carbocycles. The van der Waals surface area contributed by atoms with E-state index in [1.54, 1.807) is 12.4 Å². The number of aromatic nitrogens is 2. The second-order valence-corrected chi connectivity index (χ2v) is 8.00. The first-order chi connectivity index (χ1) is 16.2. The zero-order valence-electron chi connectivity index (χ0n) is 17.9. The molecule has 1 aliphatic rings. The molecule has 164 valence electrons. The number of carbonyl (C=O) groups excluding carboxylic acids is 1. The second kappa shape index (κ2) is 9.20. The summed E-state index contributed by atoms with van der Waals surface area (Å²) in [5, 5.41) is 3.18. The van der Waals surface area contributed by atoms with Crippen molar-refractivity contribution < 1.29 is 13.9 Å². The number of amides is 1. The Hall–Kier alpha value is -4.06. The minimum absolute atomic E-state index is 0.0455. The maximum absolute atomic E-state index is 13.0. The van der Waals surface area contributed by atoms with E-state index in [4.69, 9.17) is 4.74 Å². The molecule has 0 saturated heterocycles. The van der Waals surface area contributed by atoms with Crippen LogP contribution < -0.4 is 10.1 Å². The molecule has 6 heteroatoms. The molecule has 1 atom stereocenters. The van der Waals surface area contributed by atoms with Gasteiger partial charge in [-0.25, -0.2) is 14.4 Å². The molecule has 0 radical (unpaired) electrons. The van der Waals surface area contributed by atoms with Gasteiger partial charge in [-0.05, 0) is 72.4 Å². The van der Waals surface area contributed by atoms with E-state index in [-0.39, 0.29) is 23.8 Å². The molecule has 3 aromatic carbocycles. The summed E-state index contributed by atoms with van der Waals surface area (Å²) >= 11 is 0. The molecule has 1 heterocycles. The van der Waals surface area contributed by atoms with Crippen molar-refractivity contribution in [2.24, 2.45) is 0 Å². The Labute approximate surface area is 191 Å². The van der Waals surface area contributed by atoms with Gasteiger partial charge in [0.25, 0.3) is 5.91 Å². The van der Waals surface area contributed by atoms with Crippen molar-refractivity contribution in [1.82, 2.24) is 15.3 Å². The minimum atomic E-state index is -0.334. The van der Waals surface area contributed by atoms with E-state index in [0.29, 0.717) is 11.3 Å². The average molecular weight is 439 g/mol. The van der Waals surface area contributed by atoms with Gasteiger partial charge >= 0.3 is 6.01 Å². The number of benzene rings is 3. The Bertz CT molecular complexity index is 1260. The highest BCUT2D eigenvalue weighted by Gasteiger charge is 2.21. The standard InChI is InChI=1S/C27H22FN3O2/c28-22-12-14-23(15-13-22)33-27-29-16-21(17-30-27)18-8-10-20(11-9-18)26(32)31-25-7-3-5-19-4-1-2-6-24(19)25/h1-2,4,6,8-17,25H,3,5,7H2,(H,31,32). The number of hydrogen-bond donors (Lipinski definition) is 1. The first-order valence-electron chi connectivity index (χ1n) is 10.9. The zero-order chi connectivity index (χ0) is 22.6. The summed E-state index contributed by atoms with van der Waals surface area (Å²) in [6, 6.07) is 21.6. The first kappa shape index (κ1) is 20.8. The third-order valence-electron chi connectivity index (χ3n) is 5.81. The summed E-state index contributed by atoms with van der Waals surface area (Å²) in [5.74, 6) is 0.0435. The van der Waals surface area contributed by atoms with Crippen molar-refractivity contribution in [2.75, 3.05) is 0 Å². The van der Waals surface area contributed by atoms with Gasteiger partial charge in [-0.3, -0.25) is 4.79 Å². The van der Waals surface area contributed by atoms with Gasteiger partial charge in [-0.1, -0.05) is 36.4 Å². The van der Waals surface area contributed by atoms with Crippen LogP contribution in [0.4, 0.5) is 4.39 Å². The van der Waals surface area contributed by atoms with E-state index >= 15 is 0 Å². The van der Waals surface area contributed by atoms with Gasteiger partial charge in [0.2, 0.25) is 0 Å². The zero-order valence-corrected chi connectivity index (χ0v) is 17.9. The summed E-state index contributed by atoms with van der Waals surface area (Å²) in [6.45, 7) is 0. The fraction of sp³-hybridized carbons (Fsp3) is 0.148. The molecule has 4 aromatic rings. The van der Waals surface area contributed by atoms with Crippen LogP contribution >= 0.6 is 0 Å². The van der Waals surface area contributed by atoms with E-state index in [0.717, 1.165) is 30.4 Å². The van der Waals surface area contributed by atoms with E-state index in [9.17, 15) is 9.18 Å². The van der Waals surface area contributed by atoms with Crippen LogP contribution in [0.25, 0.3) is 11.1 Å². The number of rotatable bonds is 5. The smallest absolute Gasteiger partial charge is 0.321 e. The van der Waals surface area contributed by atoms with E-state index in [2.05, 4.69) is 27.4 Å². The van der Waals surface area contributed by atoms with E-state index < -0.39 is 0 Å². The Kier molecular flexibility index (Phi) is 5.81. The Morgan fingerprint density at radius 3 is 2.39 bits per heavy atom. The molecule has 33 heavy (non-hydrogen) atoms. The predicted octanol–water partition coefficient (Wildman–Crippen LogP) is 5.88. The van der Waals surface area contributed by atoms with E-state index in [1.807, 2.05) is 36.4 Å². The fourth-order valence-electron chi connectivity index (χ4n) is 4.09. The predicted molar refractivity (Wildman–Crippen MR) is 124 cm³/mol. The number of nitrogens with one attached hydrogen (secondary N) is 1. The molecule has 5 nitrogen and oxygen atoms in total. The maximum atomic E-state index is 13.0. The molecule has 1 amide bonds. The van der Waals surface area contributed by atoms with Crippen molar-refractivity contribution in [1.29, 1.82) is 0 Å². The van der Waals surface area contributed by atoms with Gasteiger partial charge in [0, 0.05) is 23.5 Å². The molecule has 0 bridgehead atoms. The average Bonchev–Trinajstić information content (AvgIpc) is 2.86. The van der Waals surface area contributed by atoms with Crippen LogP contribution in [0.15, 0.2) is 85.2 Å². The number of carbonyl (C=O) groups is 1. The van der Waals surface area contributed by atoms with Gasteiger partial charge in [-0.15, -0.1) is 0 Å². The van der Waals surface area contributed by atoms with Crippen LogP contribution in [0.1, 0.15) is 40.4 Å². The lowest BCUT2D eigenvalue weighted by Gasteiger charge is -2.26. The van der Waals surface area contributed by atoms with Crippen molar-refractivity contribution >= 4 is 5.91 Å². The topological polar surface area (TPSA) is 64.1 Å². The quantitative estimate of drug-likeness (QED) is 0.422. The second-order valence-electron chi connectivity index (χ2n) is 8.00.